The van der Waals surface area contributed by atoms with E-state index >= 15 is 0 Å². The summed E-state index contributed by atoms with van der Waals surface area (Å²) in [7, 11) is 0. The molecule has 0 bridgehead atoms. The lowest BCUT2D eigenvalue weighted by atomic mass is 10.1. The van der Waals surface area contributed by atoms with Crippen LogP contribution in [0.4, 0.5) is 4.39 Å². The van der Waals surface area contributed by atoms with Gasteiger partial charge in [0.2, 0.25) is 5.89 Å². The second kappa shape index (κ2) is 9.91. The van der Waals surface area contributed by atoms with Crippen molar-refractivity contribution >= 4 is 11.8 Å². The maximum absolute atomic E-state index is 13.6. The van der Waals surface area contributed by atoms with E-state index in [9.17, 15) is 4.39 Å². The molecule has 0 spiro atoms. The molecule has 3 aromatic rings. The summed E-state index contributed by atoms with van der Waals surface area (Å²) in [5.41, 5.74) is 0.845. The van der Waals surface area contributed by atoms with E-state index in [1.807, 2.05) is 11.5 Å². The summed E-state index contributed by atoms with van der Waals surface area (Å²) >= 11 is 1.52. The van der Waals surface area contributed by atoms with Crippen LogP contribution in [0.1, 0.15) is 75.3 Å². The number of halogens is 1. The number of hydrogen-bond acceptors (Lipinski definition) is 7. The molecule has 2 aromatic heterocycles. The highest BCUT2D eigenvalue weighted by molar-refractivity contribution is 7.99. The van der Waals surface area contributed by atoms with Crippen molar-refractivity contribution in [2.24, 2.45) is 0 Å². The molecule has 0 amide bonds. The minimum atomic E-state index is -0.265. The second-order valence-corrected chi connectivity index (χ2v) is 9.29. The molecule has 0 radical (unpaired) electrons. The first-order valence-electron chi connectivity index (χ1n) is 11.0. The van der Waals surface area contributed by atoms with Gasteiger partial charge in [-0.05, 0) is 70.5 Å². The third-order valence-corrected chi connectivity index (χ3v) is 6.67. The zero-order valence-electron chi connectivity index (χ0n) is 18.3. The molecule has 1 saturated heterocycles. The van der Waals surface area contributed by atoms with Gasteiger partial charge in [0, 0.05) is 12.1 Å². The Morgan fingerprint density at radius 1 is 1.10 bits per heavy atom. The van der Waals surface area contributed by atoms with E-state index in [1.165, 1.54) is 43.2 Å². The Morgan fingerprint density at radius 3 is 2.55 bits per heavy atom. The maximum atomic E-state index is 13.6. The number of nitrogens with zero attached hydrogens (tertiary/aromatic N) is 6. The fourth-order valence-electron chi connectivity index (χ4n) is 3.90. The lowest BCUT2D eigenvalue weighted by molar-refractivity contribution is 0.167. The first-order valence-corrected chi connectivity index (χ1v) is 11.9. The van der Waals surface area contributed by atoms with E-state index < -0.39 is 0 Å². The van der Waals surface area contributed by atoms with Gasteiger partial charge in [-0.1, -0.05) is 30.3 Å². The molecule has 0 saturated carbocycles. The summed E-state index contributed by atoms with van der Waals surface area (Å²) in [6.45, 7) is 8.38. The molecule has 4 rings (SSSR count). The van der Waals surface area contributed by atoms with Crippen molar-refractivity contribution < 1.29 is 8.91 Å². The lowest BCUT2D eigenvalue weighted by Gasteiger charge is -2.31. The molecule has 0 aliphatic carbocycles. The minimum Gasteiger partial charge on any atom is -0.338 e. The Bertz CT molecular complexity index is 982. The SMILES string of the molecule is CCCc1noc([C@@H](C)Sc2nnc([C@H](C)N3CCCCC3)n2-c2ccc(F)cc2)n1. The first kappa shape index (κ1) is 22.0. The molecule has 1 fully saturated rings. The predicted molar refractivity (Wildman–Crippen MR) is 118 cm³/mol. The fourth-order valence-corrected chi connectivity index (χ4v) is 4.80. The van der Waals surface area contributed by atoms with Crippen molar-refractivity contribution in [2.45, 2.75) is 69.3 Å². The first-order chi connectivity index (χ1) is 15.1. The Labute approximate surface area is 186 Å². The third kappa shape index (κ3) is 4.98. The van der Waals surface area contributed by atoms with Crippen LogP contribution in [0, 0.1) is 5.82 Å². The van der Waals surface area contributed by atoms with Gasteiger partial charge < -0.3 is 4.52 Å². The van der Waals surface area contributed by atoms with Crippen LogP contribution in [0.15, 0.2) is 33.9 Å². The minimum absolute atomic E-state index is 0.0837. The third-order valence-electron chi connectivity index (χ3n) is 5.64. The smallest absolute Gasteiger partial charge is 0.239 e. The quantitative estimate of drug-likeness (QED) is 0.445. The van der Waals surface area contributed by atoms with Crippen LogP contribution in [-0.2, 0) is 6.42 Å². The molecule has 1 aliphatic rings. The largest absolute Gasteiger partial charge is 0.338 e. The van der Waals surface area contributed by atoms with Crippen LogP contribution in [0.5, 0.6) is 0 Å². The molecular weight excluding hydrogens is 415 g/mol. The average Bonchev–Trinajstić information content (AvgIpc) is 3.42. The van der Waals surface area contributed by atoms with E-state index in [-0.39, 0.29) is 17.1 Å². The van der Waals surface area contributed by atoms with E-state index in [1.54, 1.807) is 12.1 Å². The molecule has 0 unspecified atom stereocenters. The topological polar surface area (TPSA) is 72.9 Å². The monoisotopic (exact) mass is 444 g/mol. The summed E-state index contributed by atoms with van der Waals surface area (Å²) in [6, 6.07) is 6.59. The standard InChI is InChI=1S/C22H29FN6OS/c1-4-8-19-24-21(30-27-19)16(3)31-22-26-25-20(15(2)28-13-6-5-7-14-28)29(22)18-11-9-17(23)10-12-18/h9-12,15-16H,4-8,13-14H2,1-3H3/t15-,16+/m0/s1. The van der Waals surface area contributed by atoms with Crippen LogP contribution in [-0.4, -0.2) is 42.9 Å². The summed E-state index contributed by atoms with van der Waals surface area (Å²) in [5, 5.41) is 13.8. The van der Waals surface area contributed by atoms with Gasteiger partial charge in [0.05, 0.1) is 11.3 Å². The van der Waals surface area contributed by atoms with E-state index in [0.29, 0.717) is 5.89 Å². The predicted octanol–water partition coefficient (Wildman–Crippen LogP) is 5.14. The average molecular weight is 445 g/mol. The molecule has 7 nitrogen and oxygen atoms in total. The Kier molecular flexibility index (Phi) is 7.02. The molecular formula is C22H29FN6OS. The number of hydrogen-bond donors (Lipinski definition) is 0. The number of aryl methyl sites for hydroxylation is 1. The van der Waals surface area contributed by atoms with Gasteiger partial charge in [-0.25, -0.2) is 4.39 Å². The molecule has 1 aromatic carbocycles. The zero-order chi connectivity index (χ0) is 21.8. The van der Waals surface area contributed by atoms with Gasteiger partial charge in [-0.15, -0.1) is 10.2 Å². The summed E-state index contributed by atoms with van der Waals surface area (Å²) in [5.74, 6) is 1.90. The second-order valence-electron chi connectivity index (χ2n) is 7.98. The Balaban J connectivity index is 1.64. The molecule has 3 heterocycles. The number of benzene rings is 1. The van der Waals surface area contributed by atoms with Gasteiger partial charge in [0.1, 0.15) is 5.82 Å². The van der Waals surface area contributed by atoms with Crippen LogP contribution < -0.4 is 0 Å². The van der Waals surface area contributed by atoms with Crippen LogP contribution in [0.3, 0.4) is 0 Å². The van der Waals surface area contributed by atoms with Crippen molar-refractivity contribution in [3.63, 3.8) is 0 Å². The van der Waals surface area contributed by atoms with Crippen molar-refractivity contribution in [3.8, 4) is 5.69 Å². The molecule has 9 heteroatoms. The van der Waals surface area contributed by atoms with Crippen molar-refractivity contribution in [1.82, 2.24) is 29.8 Å². The van der Waals surface area contributed by atoms with Gasteiger partial charge in [0.15, 0.2) is 16.8 Å². The highest BCUT2D eigenvalue weighted by Gasteiger charge is 2.27. The van der Waals surface area contributed by atoms with Crippen molar-refractivity contribution in [2.75, 3.05) is 13.1 Å². The number of thioether (sulfide) groups is 1. The number of rotatable bonds is 8. The Morgan fingerprint density at radius 2 is 1.84 bits per heavy atom. The number of aromatic nitrogens is 5. The van der Waals surface area contributed by atoms with E-state index in [2.05, 4.69) is 39.1 Å². The molecule has 1 aliphatic heterocycles. The summed E-state index contributed by atoms with van der Waals surface area (Å²) in [6.07, 6.45) is 5.44. The normalized spacial score (nSPS) is 17.0. The van der Waals surface area contributed by atoms with Gasteiger partial charge >= 0.3 is 0 Å². The lowest BCUT2D eigenvalue weighted by Crippen LogP contribution is -2.33. The highest BCUT2D eigenvalue weighted by Crippen LogP contribution is 2.36. The molecule has 2 atom stereocenters. The van der Waals surface area contributed by atoms with Crippen LogP contribution >= 0.6 is 11.8 Å². The van der Waals surface area contributed by atoms with Gasteiger partial charge in [-0.3, -0.25) is 9.47 Å². The van der Waals surface area contributed by atoms with Crippen LogP contribution in [0.25, 0.3) is 5.69 Å². The van der Waals surface area contributed by atoms with Crippen molar-refractivity contribution in [1.29, 1.82) is 0 Å². The molecule has 0 N–H and O–H groups in total. The maximum Gasteiger partial charge on any atom is 0.239 e. The molecule has 166 valence electrons. The van der Waals surface area contributed by atoms with E-state index in [0.717, 1.165) is 48.4 Å². The van der Waals surface area contributed by atoms with E-state index in [4.69, 9.17) is 4.52 Å². The molecule has 31 heavy (non-hydrogen) atoms. The summed E-state index contributed by atoms with van der Waals surface area (Å²) in [4.78, 5) is 6.96. The van der Waals surface area contributed by atoms with Crippen LogP contribution in [0.2, 0.25) is 0 Å². The number of likely N-dealkylation sites (tertiary alicyclic amines) is 1. The van der Waals surface area contributed by atoms with Gasteiger partial charge in [-0.2, -0.15) is 4.98 Å². The fraction of sp³-hybridized carbons (Fsp3) is 0.545. The Hall–Kier alpha value is -2.26. The number of piperidine rings is 1. The van der Waals surface area contributed by atoms with Crippen molar-refractivity contribution in [3.05, 3.63) is 47.6 Å². The highest BCUT2D eigenvalue weighted by atomic mass is 32.2. The van der Waals surface area contributed by atoms with Gasteiger partial charge in [0.25, 0.3) is 0 Å². The summed E-state index contributed by atoms with van der Waals surface area (Å²) < 4.78 is 21.1. The zero-order valence-corrected chi connectivity index (χ0v) is 19.1.